The minimum absolute atomic E-state index is 0.263. The number of rotatable bonds is 4. The standard InChI is InChI=1S/C20H19O6PS2/c1-12-6-3-10-16(28(21,22)23)18(12)14-8-5-9-15(27)20(14)19-13(2)7-4-11-17(19)29(24,25)26/h3-11H,27H2,1-2H3,(H,21,22,23)(H,24,25,26). The van der Waals surface area contributed by atoms with Crippen LogP contribution in [0, 0.1) is 13.8 Å². The van der Waals surface area contributed by atoms with Crippen LogP contribution in [0.25, 0.3) is 22.3 Å². The molecule has 0 aliphatic rings. The first-order valence-electron chi connectivity index (χ1n) is 8.46. The van der Waals surface area contributed by atoms with Gasteiger partial charge in [0.05, 0.1) is 0 Å². The van der Waals surface area contributed by atoms with Gasteiger partial charge in [-0.2, -0.15) is 16.8 Å². The van der Waals surface area contributed by atoms with Crippen LogP contribution in [0.3, 0.4) is 0 Å². The Kier molecular flexibility index (Phi) is 5.69. The van der Waals surface area contributed by atoms with Crippen molar-refractivity contribution in [1.29, 1.82) is 0 Å². The number of hydrogen-bond donors (Lipinski definition) is 2. The molecule has 0 aliphatic heterocycles. The molecule has 0 saturated heterocycles. The fraction of sp³-hybridized carbons (Fsp3) is 0.100. The lowest BCUT2D eigenvalue weighted by molar-refractivity contribution is 0.481. The van der Waals surface area contributed by atoms with Crippen LogP contribution in [-0.4, -0.2) is 25.9 Å². The molecule has 0 fully saturated rings. The molecular weight excluding hydrogens is 431 g/mol. The zero-order valence-electron chi connectivity index (χ0n) is 15.6. The van der Waals surface area contributed by atoms with E-state index in [0.717, 1.165) is 0 Å². The highest BCUT2D eigenvalue weighted by Crippen LogP contribution is 2.40. The zero-order chi connectivity index (χ0) is 21.6. The van der Waals surface area contributed by atoms with E-state index in [1.54, 1.807) is 44.2 Å². The van der Waals surface area contributed by atoms with Crippen LogP contribution in [0.5, 0.6) is 0 Å². The maximum atomic E-state index is 12.0. The molecule has 1 atom stereocenters. The van der Waals surface area contributed by atoms with Gasteiger partial charge in [-0.1, -0.05) is 42.5 Å². The summed E-state index contributed by atoms with van der Waals surface area (Å²) in [6.07, 6.45) is 0. The first-order valence-corrected chi connectivity index (χ1v) is 11.9. The second kappa shape index (κ2) is 7.63. The van der Waals surface area contributed by atoms with Crippen molar-refractivity contribution in [3.8, 4) is 22.3 Å². The van der Waals surface area contributed by atoms with E-state index in [0.29, 0.717) is 27.6 Å². The van der Waals surface area contributed by atoms with Gasteiger partial charge in [-0.3, -0.25) is 9.11 Å². The van der Waals surface area contributed by atoms with Crippen LogP contribution in [-0.2, 0) is 20.2 Å². The summed E-state index contributed by atoms with van der Waals surface area (Å²) < 4.78 is 67.7. The van der Waals surface area contributed by atoms with Gasteiger partial charge in [0.25, 0.3) is 20.2 Å². The lowest BCUT2D eigenvalue weighted by atomic mass is 9.90. The summed E-state index contributed by atoms with van der Waals surface area (Å²) in [7, 11) is -6.58. The van der Waals surface area contributed by atoms with Crippen molar-refractivity contribution in [2.45, 2.75) is 23.6 Å². The molecule has 0 spiro atoms. The minimum atomic E-state index is -4.55. The van der Waals surface area contributed by atoms with Gasteiger partial charge < -0.3 is 0 Å². The monoisotopic (exact) mass is 450 g/mol. The fourth-order valence-electron chi connectivity index (χ4n) is 3.43. The Morgan fingerprint density at radius 1 is 0.655 bits per heavy atom. The van der Waals surface area contributed by atoms with Crippen LogP contribution in [0.2, 0.25) is 0 Å². The molecule has 1 unspecified atom stereocenters. The smallest absolute Gasteiger partial charge is 0.282 e. The summed E-state index contributed by atoms with van der Waals surface area (Å²) in [6, 6.07) is 14.1. The summed E-state index contributed by atoms with van der Waals surface area (Å²) in [6.45, 7) is 3.40. The van der Waals surface area contributed by atoms with E-state index in [2.05, 4.69) is 9.24 Å². The average Bonchev–Trinajstić information content (AvgIpc) is 2.60. The van der Waals surface area contributed by atoms with Crippen molar-refractivity contribution < 1.29 is 25.9 Å². The van der Waals surface area contributed by atoms with Gasteiger partial charge in [0.2, 0.25) is 0 Å². The van der Waals surface area contributed by atoms with Crippen molar-refractivity contribution in [2.75, 3.05) is 0 Å². The van der Waals surface area contributed by atoms with Crippen molar-refractivity contribution in [3.05, 3.63) is 65.7 Å². The average molecular weight is 450 g/mol. The number of benzene rings is 3. The fourth-order valence-corrected chi connectivity index (χ4v) is 5.40. The first kappa shape index (κ1) is 21.6. The van der Waals surface area contributed by atoms with E-state index in [9.17, 15) is 25.9 Å². The molecule has 0 saturated carbocycles. The van der Waals surface area contributed by atoms with Crippen molar-refractivity contribution in [1.82, 2.24) is 0 Å². The molecule has 0 radical (unpaired) electrons. The summed E-state index contributed by atoms with van der Waals surface area (Å²) in [5.74, 6) is 0. The SMILES string of the molecule is Cc1cccc(S(=O)(=O)O)c1-c1cccc(P)c1-c1c(C)cccc1S(=O)(=O)O. The molecule has 0 amide bonds. The van der Waals surface area contributed by atoms with E-state index in [-0.39, 0.29) is 20.9 Å². The highest BCUT2D eigenvalue weighted by atomic mass is 32.2. The molecule has 2 N–H and O–H groups in total. The van der Waals surface area contributed by atoms with E-state index in [1.165, 1.54) is 24.3 Å². The molecule has 0 aliphatic carbocycles. The molecule has 6 nitrogen and oxygen atoms in total. The Bertz CT molecular complexity index is 1330. The van der Waals surface area contributed by atoms with Gasteiger partial charge in [-0.05, 0) is 53.5 Å². The topological polar surface area (TPSA) is 109 Å². The molecule has 3 aromatic carbocycles. The van der Waals surface area contributed by atoms with E-state index in [4.69, 9.17) is 0 Å². The summed E-state index contributed by atoms with van der Waals surface area (Å²) >= 11 is 0. The van der Waals surface area contributed by atoms with Crippen molar-refractivity contribution in [3.63, 3.8) is 0 Å². The predicted octanol–water partition coefficient (Wildman–Crippen LogP) is 3.63. The van der Waals surface area contributed by atoms with Gasteiger partial charge in [-0.25, -0.2) is 0 Å². The predicted molar refractivity (Wildman–Crippen MR) is 116 cm³/mol. The van der Waals surface area contributed by atoms with Crippen LogP contribution in [0.4, 0.5) is 0 Å². The zero-order valence-corrected chi connectivity index (χ0v) is 18.4. The van der Waals surface area contributed by atoms with Gasteiger partial charge in [0.15, 0.2) is 0 Å². The van der Waals surface area contributed by atoms with Crippen molar-refractivity contribution >= 4 is 34.8 Å². The third-order valence-electron chi connectivity index (χ3n) is 4.64. The van der Waals surface area contributed by atoms with E-state index >= 15 is 0 Å². The van der Waals surface area contributed by atoms with Crippen LogP contribution < -0.4 is 5.30 Å². The van der Waals surface area contributed by atoms with E-state index in [1.807, 2.05) is 0 Å². The Labute approximate surface area is 172 Å². The normalized spacial score (nSPS) is 12.2. The van der Waals surface area contributed by atoms with Gasteiger partial charge in [0, 0.05) is 11.1 Å². The number of hydrogen-bond acceptors (Lipinski definition) is 4. The Hall–Kier alpha value is -2.09. The Morgan fingerprint density at radius 3 is 1.62 bits per heavy atom. The third-order valence-corrected chi connectivity index (χ3v) is 6.91. The molecule has 3 aromatic rings. The van der Waals surface area contributed by atoms with Gasteiger partial charge >= 0.3 is 0 Å². The highest BCUT2D eigenvalue weighted by Gasteiger charge is 2.25. The molecular formula is C20H19O6PS2. The van der Waals surface area contributed by atoms with Crippen LogP contribution in [0.1, 0.15) is 11.1 Å². The molecule has 0 aromatic heterocycles. The maximum absolute atomic E-state index is 12.0. The lowest BCUT2D eigenvalue weighted by Crippen LogP contribution is -2.09. The molecule has 9 heteroatoms. The van der Waals surface area contributed by atoms with E-state index < -0.39 is 20.2 Å². The molecule has 29 heavy (non-hydrogen) atoms. The molecule has 3 rings (SSSR count). The highest BCUT2D eigenvalue weighted by molar-refractivity contribution is 7.86. The summed E-state index contributed by atoms with van der Waals surface area (Å²) in [5, 5.41) is 0.603. The van der Waals surface area contributed by atoms with Crippen LogP contribution in [0.15, 0.2) is 64.4 Å². The largest absolute Gasteiger partial charge is 0.295 e. The lowest BCUT2D eigenvalue weighted by Gasteiger charge is -2.20. The molecule has 0 heterocycles. The van der Waals surface area contributed by atoms with Gasteiger partial charge in [0.1, 0.15) is 9.79 Å². The third kappa shape index (κ3) is 4.13. The number of aryl methyl sites for hydroxylation is 2. The minimum Gasteiger partial charge on any atom is -0.282 e. The summed E-state index contributed by atoms with van der Waals surface area (Å²) in [5.41, 5.74) is 2.54. The first-order chi connectivity index (χ1) is 13.4. The quantitative estimate of drug-likeness (QED) is 0.464. The Morgan fingerprint density at radius 2 is 1.10 bits per heavy atom. The maximum Gasteiger partial charge on any atom is 0.295 e. The molecule has 152 valence electrons. The Balaban J connectivity index is 2.54. The van der Waals surface area contributed by atoms with Gasteiger partial charge in [-0.15, -0.1) is 9.24 Å². The molecule has 0 bridgehead atoms. The summed E-state index contributed by atoms with van der Waals surface area (Å²) in [4.78, 5) is -0.563. The second-order valence-corrected chi connectivity index (χ2v) is 10.0. The van der Waals surface area contributed by atoms with Crippen molar-refractivity contribution in [2.24, 2.45) is 0 Å². The van der Waals surface area contributed by atoms with Crippen LogP contribution >= 0.6 is 9.24 Å². The second-order valence-electron chi connectivity index (χ2n) is 6.62.